The summed E-state index contributed by atoms with van der Waals surface area (Å²) in [7, 11) is 3.94. The van der Waals surface area contributed by atoms with Crippen LogP contribution in [0.25, 0.3) is 0 Å². The lowest BCUT2D eigenvalue weighted by Gasteiger charge is -2.23. The molecule has 0 saturated carbocycles. The van der Waals surface area contributed by atoms with Crippen LogP contribution in [0.5, 0.6) is 0 Å². The van der Waals surface area contributed by atoms with Crippen LogP contribution in [0, 0.1) is 0 Å². The minimum atomic E-state index is -1.07. The minimum absolute atomic E-state index is 0.300. The molecule has 1 atom stereocenters. The highest BCUT2D eigenvalue weighted by atomic mass is 16.4. The Morgan fingerprint density at radius 3 is 2.45 bits per heavy atom. The van der Waals surface area contributed by atoms with Crippen molar-refractivity contribution in [3.63, 3.8) is 0 Å². The number of carboxylic acids is 1. The van der Waals surface area contributed by atoms with Gasteiger partial charge < -0.3 is 14.8 Å². The van der Waals surface area contributed by atoms with Crippen molar-refractivity contribution in [2.75, 3.05) is 19.0 Å². The number of hydrogen-bond donors (Lipinski definition) is 0. The lowest BCUT2D eigenvalue weighted by Crippen LogP contribution is -2.25. The average molecular weight is 276 g/mol. The van der Waals surface area contributed by atoms with Crippen molar-refractivity contribution in [3.05, 3.63) is 29.3 Å². The third-order valence-electron chi connectivity index (χ3n) is 3.86. The van der Waals surface area contributed by atoms with E-state index in [2.05, 4.69) is 13.8 Å². The van der Waals surface area contributed by atoms with E-state index in [4.69, 9.17) is 0 Å². The van der Waals surface area contributed by atoms with Gasteiger partial charge in [0.1, 0.15) is 0 Å². The van der Waals surface area contributed by atoms with Crippen LogP contribution in [0.15, 0.2) is 18.2 Å². The number of aromatic carboxylic acids is 1. The van der Waals surface area contributed by atoms with Crippen molar-refractivity contribution >= 4 is 11.7 Å². The highest BCUT2D eigenvalue weighted by molar-refractivity contribution is 5.88. The molecular weight excluding hydrogens is 250 g/mol. The van der Waals surface area contributed by atoms with Gasteiger partial charge in [-0.25, -0.2) is 0 Å². The number of carbonyl (C=O) groups excluding carboxylic acids is 1. The Labute approximate surface area is 122 Å². The molecule has 0 aliphatic heterocycles. The molecule has 0 amide bonds. The zero-order valence-electron chi connectivity index (χ0n) is 13.1. The van der Waals surface area contributed by atoms with Gasteiger partial charge in [-0.1, -0.05) is 39.2 Å². The van der Waals surface area contributed by atoms with Crippen molar-refractivity contribution < 1.29 is 9.90 Å². The Hall–Kier alpha value is -1.51. The van der Waals surface area contributed by atoms with Crippen LogP contribution in [-0.2, 0) is 0 Å². The fraction of sp³-hybridized carbons (Fsp3) is 0.588. The van der Waals surface area contributed by atoms with E-state index in [0.29, 0.717) is 11.5 Å². The number of nitrogens with zero attached hydrogens (tertiary/aromatic N) is 1. The topological polar surface area (TPSA) is 43.4 Å². The van der Waals surface area contributed by atoms with Gasteiger partial charge in [0.25, 0.3) is 0 Å². The van der Waals surface area contributed by atoms with Crippen molar-refractivity contribution in [2.45, 2.75) is 51.9 Å². The van der Waals surface area contributed by atoms with Crippen molar-refractivity contribution in [1.82, 2.24) is 0 Å². The van der Waals surface area contributed by atoms with E-state index >= 15 is 0 Å². The predicted molar refractivity (Wildman–Crippen MR) is 82.3 cm³/mol. The number of unbranched alkanes of at least 4 members (excludes halogenated alkanes) is 2. The van der Waals surface area contributed by atoms with Crippen LogP contribution < -0.4 is 10.0 Å². The zero-order valence-corrected chi connectivity index (χ0v) is 13.1. The predicted octanol–water partition coefficient (Wildman–Crippen LogP) is 3.19. The van der Waals surface area contributed by atoms with Crippen LogP contribution in [0.2, 0.25) is 0 Å². The maximum Gasteiger partial charge on any atom is 0.0718 e. The zero-order chi connectivity index (χ0) is 15.1. The van der Waals surface area contributed by atoms with E-state index in [1.54, 1.807) is 6.07 Å². The smallest absolute Gasteiger partial charge is 0.0718 e. The van der Waals surface area contributed by atoms with E-state index in [-0.39, 0.29) is 0 Å². The molecule has 0 fully saturated rings. The maximum absolute atomic E-state index is 11.3. The SMILES string of the molecule is CCCCCC(CC)c1cc(N(C)C)ccc1C(=O)[O-]. The molecule has 3 heteroatoms. The summed E-state index contributed by atoms with van der Waals surface area (Å²) < 4.78 is 0. The molecule has 1 unspecified atom stereocenters. The summed E-state index contributed by atoms with van der Waals surface area (Å²) in [6, 6.07) is 5.53. The third kappa shape index (κ3) is 4.26. The van der Waals surface area contributed by atoms with Gasteiger partial charge in [0.15, 0.2) is 0 Å². The summed E-state index contributed by atoms with van der Waals surface area (Å²) in [5.41, 5.74) is 2.31. The Balaban J connectivity index is 3.08. The average Bonchev–Trinajstić information content (AvgIpc) is 2.43. The minimum Gasteiger partial charge on any atom is -0.545 e. The summed E-state index contributed by atoms with van der Waals surface area (Å²) in [5.74, 6) is -0.770. The second-order valence-corrected chi connectivity index (χ2v) is 5.55. The first-order chi connectivity index (χ1) is 9.51. The molecule has 0 bridgehead atoms. The molecule has 0 N–H and O–H groups in total. The maximum atomic E-state index is 11.3. The van der Waals surface area contributed by atoms with E-state index < -0.39 is 5.97 Å². The van der Waals surface area contributed by atoms with Gasteiger partial charge in [-0.15, -0.1) is 0 Å². The Bertz CT molecular complexity index is 441. The van der Waals surface area contributed by atoms with E-state index in [9.17, 15) is 9.90 Å². The van der Waals surface area contributed by atoms with Gasteiger partial charge in [0.05, 0.1) is 5.97 Å². The molecule has 112 valence electrons. The Kier molecular flexibility index (Phi) is 6.56. The lowest BCUT2D eigenvalue weighted by atomic mass is 9.87. The molecule has 1 rings (SSSR count). The van der Waals surface area contributed by atoms with Crippen LogP contribution in [0.3, 0.4) is 0 Å². The first kappa shape index (κ1) is 16.5. The quantitative estimate of drug-likeness (QED) is 0.685. The highest BCUT2D eigenvalue weighted by Gasteiger charge is 2.15. The molecule has 0 radical (unpaired) electrons. The second-order valence-electron chi connectivity index (χ2n) is 5.55. The Morgan fingerprint density at radius 1 is 1.25 bits per heavy atom. The first-order valence-electron chi connectivity index (χ1n) is 7.53. The van der Waals surface area contributed by atoms with Gasteiger partial charge in [-0.2, -0.15) is 0 Å². The molecule has 0 heterocycles. The van der Waals surface area contributed by atoms with Crippen LogP contribution in [0.4, 0.5) is 5.69 Å². The molecule has 3 nitrogen and oxygen atoms in total. The fourth-order valence-corrected chi connectivity index (χ4v) is 2.57. The number of rotatable bonds is 8. The number of hydrogen-bond acceptors (Lipinski definition) is 3. The van der Waals surface area contributed by atoms with Crippen LogP contribution >= 0.6 is 0 Å². The third-order valence-corrected chi connectivity index (χ3v) is 3.86. The highest BCUT2D eigenvalue weighted by Crippen LogP contribution is 2.31. The number of carbonyl (C=O) groups is 1. The van der Waals surface area contributed by atoms with Gasteiger partial charge >= 0.3 is 0 Å². The Morgan fingerprint density at radius 2 is 1.95 bits per heavy atom. The molecule has 0 aliphatic rings. The summed E-state index contributed by atoms with van der Waals surface area (Å²) in [5, 5.41) is 11.3. The molecule has 1 aromatic rings. The lowest BCUT2D eigenvalue weighted by molar-refractivity contribution is -0.255. The van der Waals surface area contributed by atoms with Crippen molar-refractivity contribution in [2.24, 2.45) is 0 Å². The normalized spacial score (nSPS) is 12.2. The fourth-order valence-electron chi connectivity index (χ4n) is 2.57. The summed E-state index contributed by atoms with van der Waals surface area (Å²) in [6.07, 6.45) is 5.53. The first-order valence-corrected chi connectivity index (χ1v) is 7.53. The van der Waals surface area contributed by atoms with Gasteiger partial charge in [-0.05, 0) is 36.5 Å². The second kappa shape index (κ2) is 7.93. The summed E-state index contributed by atoms with van der Waals surface area (Å²) in [6.45, 7) is 4.30. The molecule has 0 saturated heterocycles. The van der Waals surface area contributed by atoms with Crippen molar-refractivity contribution in [1.29, 1.82) is 0 Å². The molecular formula is C17H26NO2-. The molecule has 20 heavy (non-hydrogen) atoms. The number of anilines is 1. The molecule has 0 aromatic heterocycles. The number of carboxylic acid groups (broad SMARTS) is 1. The van der Waals surface area contributed by atoms with Gasteiger partial charge in [0, 0.05) is 25.3 Å². The van der Waals surface area contributed by atoms with E-state index in [1.165, 1.54) is 12.8 Å². The van der Waals surface area contributed by atoms with Gasteiger partial charge in [-0.3, -0.25) is 0 Å². The standard InChI is InChI=1S/C17H27NO2/c1-5-7-8-9-13(6-2)16-12-14(18(3)4)10-11-15(16)17(19)20/h10-13H,5-9H2,1-4H3,(H,19,20)/p-1. The number of benzene rings is 1. The summed E-state index contributed by atoms with van der Waals surface area (Å²) in [4.78, 5) is 13.3. The van der Waals surface area contributed by atoms with Crippen LogP contribution in [0.1, 0.15) is 67.8 Å². The largest absolute Gasteiger partial charge is 0.545 e. The molecule has 0 aliphatic carbocycles. The van der Waals surface area contributed by atoms with Gasteiger partial charge in [0.2, 0.25) is 0 Å². The van der Waals surface area contributed by atoms with E-state index in [1.807, 2.05) is 31.1 Å². The van der Waals surface area contributed by atoms with Crippen molar-refractivity contribution in [3.8, 4) is 0 Å². The monoisotopic (exact) mass is 276 g/mol. The molecule has 0 spiro atoms. The van der Waals surface area contributed by atoms with Crippen LogP contribution in [-0.4, -0.2) is 20.1 Å². The molecule has 1 aromatic carbocycles. The summed E-state index contributed by atoms with van der Waals surface area (Å²) >= 11 is 0. The van der Waals surface area contributed by atoms with E-state index in [0.717, 1.165) is 30.5 Å².